The van der Waals surface area contributed by atoms with E-state index in [1.165, 1.54) is 25.3 Å². The molecule has 11 heteroatoms. The number of carboxylic acids is 1. The van der Waals surface area contributed by atoms with Crippen molar-refractivity contribution in [2.45, 2.75) is 27.4 Å². The summed E-state index contributed by atoms with van der Waals surface area (Å²) >= 11 is 13.6. The second kappa shape index (κ2) is 12.0. The number of aliphatic carboxylic acids is 1. The lowest BCUT2D eigenvalue weighted by Crippen LogP contribution is -2.14. The normalized spacial score (nSPS) is 11.9. The van der Waals surface area contributed by atoms with Gasteiger partial charge in [-0.3, -0.25) is 10.1 Å². The third-order valence-electron chi connectivity index (χ3n) is 4.92. The van der Waals surface area contributed by atoms with Crippen molar-refractivity contribution >= 4 is 57.6 Å². The molecule has 0 atom stereocenters. The molecule has 1 amide bonds. The average Bonchev–Trinajstić information content (AvgIpc) is 3.26. The Morgan fingerprint density at radius 1 is 1.22 bits per heavy atom. The predicted molar refractivity (Wildman–Crippen MR) is 144 cm³/mol. The van der Waals surface area contributed by atoms with E-state index in [4.69, 9.17) is 37.8 Å². The number of anilines is 1. The average molecular weight is 567 g/mol. The largest absolute Gasteiger partial charge is 0.490 e. The van der Waals surface area contributed by atoms with Crippen LogP contribution in [0, 0.1) is 11.2 Å². The molecular weight excluding hydrogens is 542 g/mol. The van der Waals surface area contributed by atoms with Gasteiger partial charge in [-0.15, -0.1) is 11.3 Å². The number of halogens is 3. The SMILES string of the molecule is CO/C(=C\c1c(Cl)cc(C(=O)Nc2nc(-c3cccc(COCC(C)(C)C)c3F)cs2)cc1Cl)C(=O)O. The first kappa shape index (κ1) is 28.6. The Labute approximate surface area is 227 Å². The number of aromatic nitrogens is 1. The topological polar surface area (TPSA) is 97.8 Å². The quantitative estimate of drug-likeness (QED) is 0.211. The number of amides is 1. The molecular formula is C26H25Cl2FN2O5S. The van der Waals surface area contributed by atoms with Gasteiger partial charge in [0, 0.05) is 27.6 Å². The summed E-state index contributed by atoms with van der Waals surface area (Å²) in [5, 5.41) is 13.8. The highest BCUT2D eigenvalue weighted by atomic mass is 35.5. The molecule has 0 aliphatic rings. The molecule has 0 radical (unpaired) electrons. The number of benzene rings is 2. The summed E-state index contributed by atoms with van der Waals surface area (Å²) in [4.78, 5) is 28.3. The van der Waals surface area contributed by atoms with Crippen molar-refractivity contribution in [3.8, 4) is 11.3 Å². The van der Waals surface area contributed by atoms with Crippen LogP contribution < -0.4 is 5.32 Å². The molecule has 3 rings (SSSR count). The van der Waals surface area contributed by atoms with E-state index < -0.39 is 17.7 Å². The minimum atomic E-state index is -1.30. The number of thiazole rings is 1. The summed E-state index contributed by atoms with van der Waals surface area (Å²) in [6.45, 7) is 6.73. The van der Waals surface area contributed by atoms with Crippen molar-refractivity contribution in [3.63, 3.8) is 0 Å². The van der Waals surface area contributed by atoms with Gasteiger partial charge in [-0.25, -0.2) is 14.2 Å². The number of ether oxygens (including phenoxy) is 2. The highest BCUT2D eigenvalue weighted by Gasteiger charge is 2.18. The van der Waals surface area contributed by atoms with Crippen LogP contribution in [0.15, 0.2) is 41.5 Å². The molecule has 0 saturated carbocycles. The molecule has 7 nitrogen and oxygen atoms in total. The number of rotatable bonds is 9. The van der Waals surface area contributed by atoms with Crippen LogP contribution in [-0.4, -0.2) is 35.7 Å². The first-order valence-corrected chi connectivity index (χ1v) is 12.6. The van der Waals surface area contributed by atoms with Crippen molar-refractivity contribution in [2.75, 3.05) is 19.0 Å². The summed E-state index contributed by atoms with van der Waals surface area (Å²) in [6.07, 6.45) is 1.17. The van der Waals surface area contributed by atoms with Gasteiger partial charge in [0.2, 0.25) is 5.76 Å². The lowest BCUT2D eigenvalue weighted by molar-refractivity contribution is -0.135. The van der Waals surface area contributed by atoms with Gasteiger partial charge in [0.25, 0.3) is 5.91 Å². The van der Waals surface area contributed by atoms with Gasteiger partial charge >= 0.3 is 5.97 Å². The van der Waals surface area contributed by atoms with Crippen molar-refractivity contribution in [3.05, 3.63) is 74.0 Å². The summed E-state index contributed by atoms with van der Waals surface area (Å²) in [5.41, 5.74) is 1.36. The number of nitrogens with zero attached hydrogens (tertiary/aromatic N) is 1. The Morgan fingerprint density at radius 2 is 1.89 bits per heavy atom. The molecule has 37 heavy (non-hydrogen) atoms. The zero-order valence-electron chi connectivity index (χ0n) is 20.5. The van der Waals surface area contributed by atoms with Crippen LogP contribution in [0.5, 0.6) is 0 Å². The van der Waals surface area contributed by atoms with Gasteiger partial charge < -0.3 is 14.6 Å². The fourth-order valence-corrected chi connectivity index (χ4v) is 4.47. The van der Waals surface area contributed by atoms with Crippen LogP contribution in [0.2, 0.25) is 10.0 Å². The second-order valence-electron chi connectivity index (χ2n) is 9.20. The van der Waals surface area contributed by atoms with E-state index >= 15 is 4.39 Å². The summed E-state index contributed by atoms with van der Waals surface area (Å²) in [7, 11) is 1.20. The van der Waals surface area contributed by atoms with Crippen molar-refractivity contribution < 1.29 is 28.6 Å². The summed E-state index contributed by atoms with van der Waals surface area (Å²) < 4.78 is 25.6. The van der Waals surface area contributed by atoms with E-state index in [2.05, 4.69) is 10.3 Å². The zero-order valence-corrected chi connectivity index (χ0v) is 22.9. The Balaban J connectivity index is 1.77. The smallest absolute Gasteiger partial charge is 0.371 e. The number of carbonyl (C=O) groups is 2. The van der Waals surface area contributed by atoms with Gasteiger partial charge in [-0.1, -0.05) is 56.1 Å². The van der Waals surface area contributed by atoms with E-state index in [-0.39, 0.29) is 44.1 Å². The van der Waals surface area contributed by atoms with Gasteiger partial charge in [0.1, 0.15) is 5.82 Å². The van der Waals surface area contributed by atoms with Crippen LogP contribution in [0.4, 0.5) is 9.52 Å². The fraction of sp³-hybridized carbons (Fsp3) is 0.269. The van der Waals surface area contributed by atoms with Gasteiger partial charge in [0.15, 0.2) is 5.13 Å². The zero-order chi connectivity index (χ0) is 27.3. The third-order valence-corrected chi connectivity index (χ3v) is 6.30. The molecule has 0 aliphatic carbocycles. The minimum Gasteiger partial charge on any atom is -0.490 e. The van der Waals surface area contributed by atoms with Gasteiger partial charge in [0.05, 0.1) is 36.1 Å². The van der Waals surface area contributed by atoms with E-state index in [1.54, 1.807) is 23.6 Å². The minimum absolute atomic E-state index is 0.0348. The number of hydrogen-bond donors (Lipinski definition) is 2. The van der Waals surface area contributed by atoms with Gasteiger partial charge in [-0.05, 0) is 29.7 Å². The van der Waals surface area contributed by atoms with Crippen LogP contribution in [0.1, 0.15) is 42.3 Å². The lowest BCUT2D eigenvalue weighted by Gasteiger charge is -2.18. The summed E-state index contributed by atoms with van der Waals surface area (Å²) in [6, 6.07) is 7.69. The first-order valence-electron chi connectivity index (χ1n) is 11.0. The molecule has 0 spiro atoms. The van der Waals surface area contributed by atoms with Crippen LogP contribution >= 0.6 is 34.5 Å². The Kier molecular flexibility index (Phi) is 9.31. The van der Waals surface area contributed by atoms with E-state index in [0.29, 0.717) is 23.4 Å². The van der Waals surface area contributed by atoms with Crippen LogP contribution in [0.3, 0.4) is 0 Å². The molecule has 1 heterocycles. The molecule has 1 aromatic heterocycles. The molecule has 2 N–H and O–H groups in total. The van der Waals surface area contributed by atoms with Crippen molar-refractivity contribution in [1.82, 2.24) is 4.98 Å². The van der Waals surface area contributed by atoms with Crippen molar-refractivity contribution in [1.29, 1.82) is 0 Å². The van der Waals surface area contributed by atoms with E-state index in [9.17, 15) is 9.59 Å². The maximum atomic E-state index is 15.1. The number of methoxy groups -OCH3 is 1. The molecule has 0 fully saturated rings. The summed E-state index contributed by atoms with van der Waals surface area (Å²) in [5.74, 6) is -2.64. The maximum absolute atomic E-state index is 15.1. The molecule has 196 valence electrons. The number of nitrogens with one attached hydrogen (secondary N) is 1. The maximum Gasteiger partial charge on any atom is 0.371 e. The van der Waals surface area contributed by atoms with Gasteiger partial charge in [-0.2, -0.15) is 0 Å². The number of hydrogen-bond acceptors (Lipinski definition) is 6. The van der Waals surface area contributed by atoms with Crippen molar-refractivity contribution in [2.24, 2.45) is 5.41 Å². The van der Waals surface area contributed by atoms with E-state index in [0.717, 1.165) is 11.3 Å². The molecule has 0 saturated heterocycles. The predicted octanol–water partition coefficient (Wildman–Crippen LogP) is 7.14. The molecule has 0 aliphatic heterocycles. The van der Waals surface area contributed by atoms with E-state index in [1.807, 2.05) is 20.8 Å². The third kappa shape index (κ3) is 7.52. The molecule has 2 aromatic carbocycles. The lowest BCUT2D eigenvalue weighted by atomic mass is 9.99. The molecule has 0 unspecified atom stereocenters. The Hall–Kier alpha value is -2.98. The monoisotopic (exact) mass is 566 g/mol. The van der Waals surface area contributed by atoms with Crippen LogP contribution in [-0.2, 0) is 20.9 Å². The van der Waals surface area contributed by atoms with Crippen LogP contribution in [0.25, 0.3) is 17.3 Å². The molecule has 0 bridgehead atoms. The number of carboxylic acid groups (broad SMARTS) is 1. The Bertz CT molecular complexity index is 1330. The second-order valence-corrected chi connectivity index (χ2v) is 10.9. The fourth-order valence-electron chi connectivity index (χ4n) is 3.17. The Morgan fingerprint density at radius 3 is 2.49 bits per heavy atom. The highest BCUT2D eigenvalue weighted by molar-refractivity contribution is 7.14. The first-order chi connectivity index (χ1) is 17.4. The molecule has 3 aromatic rings. The highest BCUT2D eigenvalue weighted by Crippen LogP contribution is 2.31. The number of carbonyl (C=O) groups excluding carboxylic acids is 1. The standard InChI is InChI=1S/C26H25Cl2FN2O5S/c1-26(2,3)13-36-11-14-6-5-7-16(22(14)29)20-12-37-25(30-20)31-23(32)15-8-18(27)17(19(28)9-15)10-21(35-4)24(33)34/h5-10,12H,11,13H2,1-4H3,(H,33,34)(H,30,31,32)/b21-10-.